The van der Waals surface area contributed by atoms with Crippen LogP contribution in [0.5, 0.6) is 11.5 Å². The second-order valence-corrected chi connectivity index (χ2v) is 8.47. The minimum Gasteiger partial charge on any atom is -0.454 e. The molecule has 0 fully saturated rings. The summed E-state index contributed by atoms with van der Waals surface area (Å²) in [6.07, 6.45) is 0. The molecule has 166 valence electrons. The van der Waals surface area contributed by atoms with Crippen molar-refractivity contribution in [3.8, 4) is 11.5 Å². The summed E-state index contributed by atoms with van der Waals surface area (Å²) in [4.78, 5) is 25.2. The monoisotopic (exact) mass is 493 g/mol. The van der Waals surface area contributed by atoms with Crippen LogP contribution in [0.1, 0.15) is 37.7 Å². The van der Waals surface area contributed by atoms with Gasteiger partial charge in [0.25, 0.3) is 0 Å². The van der Waals surface area contributed by atoms with E-state index in [4.69, 9.17) is 49.0 Å². The van der Waals surface area contributed by atoms with Crippen molar-refractivity contribution in [1.29, 1.82) is 0 Å². The van der Waals surface area contributed by atoms with Crippen molar-refractivity contribution >= 4 is 46.6 Å². The van der Waals surface area contributed by atoms with Gasteiger partial charge in [-0.05, 0) is 49.7 Å². The van der Waals surface area contributed by atoms with Gasteiger partial charge in [-0.25, -0.2) is 4.79 Å². The predicted molar refractivity (Wildman–Crippen MR) is 122 cm³/mol. The third-order valence-corrected chi connectivity index (χ3v) is 6.35. The average molecular weight is 495 g/mol. The van der Waals surface area contributed by atoms with E-state index in [0.717, 1.165) is 17.0 Å². The van der Waals surface area contributed by atoms with Crippen LogP contribution in [0, 0.1) is 13.8 Å². The summed E-state index contributed by atoms with van der Waals surface area (Å²) in [5, 5.41) is 0.249. The summed E-state index contributed by atoms with van der Waals surface area (Å²) in [6.45, 7) is 4.07. The lowest BCUT2D eigenvalue weighted by Crippen LogP contribution is -2.16. The number of rotatable bonds is 6. The average Bonchev–Trinajstić information content (AvgIpc) is 3.34. The van der Waals surface area contributed by atoms with Gasteiger partial charge >= 0.3 is 5.97 Å². The normalized spacial score (nSPS) is 12.2. The zero-order chi connectivity index (χ0) is 23.0. The Morgan fingerprint density at radius 2 is 1.72 bits per heavy atom. The molecule has 6 nitrogen and oxygen atoms in total. The Balaban J connectivity index is 1.48. The maximum atomic E-state index is 12.8. The molecular weight excluding hydrogens is 477 g/mol. The van der Waals surface area contributed by atoms with Crippen LogP contribution < -0.4 is 9.47 Å². The van der Waals surface area contributed by atoms with Gasteiger partial charge in [-0.1, -0.05) is 40.9 Å². The minimum atomic E-state index is -0.815. The number of carbonyl (C=O) groups excluding carboxylic acids is 2. The lowest BCUT2D eigenvalue weighted by molar-refractivity contribution is 0.0475. The van der Waals surface area contributed by atoms with Crippen LogP contribution in [-0.4, -0.2) is 29.7 Å². The van der Waals surface area contributed by atoms with Crippen LogP contribution in [0.3, 0.4) is 0 Å². The number of fused-ring (bicyclic) bond motifs is 1. The molecular formula is C23H18Cl3NO5. The first-order valence-corrected chi connectivity index (χ1v) is 10.8. The molecule has 0 radical (unpaired) electrons. The summed E-state index contributed by atoms with van der Waals surface area (Å²) in [7, 11) is 0. The molecule has 1 aromatic heterocycles. The number of aryl methyl sites for hydroxylation is 1. The summed E-state index contributed by atoms with van der Waals surface area (Å²) >= 11 is 18.1. The van der Waals surface area contributed by atoms with Crippen molar-refractivity contribution in [1.82, 2.24) is 4.57 Å². The summed E-state index contributed by atoms with van der Waals surface area (Å²) in [5.74, 6) is 0.265. The number of aromatic nitrogens is 1. The molecule has 0 aliphatic carbocycles. The van der Waals surface area contributed by atoms with E-state index in [9.17, 15) is 9.59 Å². The van der Waals surface area contributed by atoms with E-state index in [1.54, 1.807) is 6.07 Å². The van der Waals surface area contributed by atoms with Gasteiger partial charge in [0.2, 0.25) is 12.6 Å². The van der Waals surface area contributed by atoms with Crippen LogP contribution in [0.15, 0.2) is 36.4 Å². The number of hydrogen-bond donors (Lipinski definition) is 0. The molecule has 0 N–H and O–H groups in total. The van der Waals surface area contributed by atoms with Gasteiger partial charge in [-0.3, -0.25) is 4.79 Å². The van der Waals surface area contributed by atoms with Crippen LogP contribution in [-0.2, 0) is 11.3 Å². The van der Waals surface area contributed by atoms with Crippen molar-refractivity contribution < 1.29 is 23.8 Å². The van der Waals surface area contributed by atoms with Crippen molar-refractivity contribution in [3.05, 3.63) is 79.5 Å². The van der Waals surface area contributed by atoms with Gasteiger partial charge in [0.15, 0.2) is 18.1 Å². The molecule has 1 aliphatic heterocycles. The zero-order valence-electron chi connectivity index (χ0n) is 17.2. The molecule has 32 heavy (non-hydrogen) atoms. The smallest absolute Gasteiger partial charge is 0.341 e. The highest BCUT2D eigenvalue weighted by Crippen LogP contribution is 2.33. The number of esters is 1. The third kappa shape index (κ3) is 4.31. The number of ketones is 1. The Bertz CT molecular complexity index is 1230. The molecule has 2 heterocycles. The molecule has 3 aromatic rings. The standard InChI is InChI=1S/C23H18Cl3NO5/c1-12-7-15(13(2)27(12)9-14-3-6-19-20(8-14)32-11-31-19)18(28)10-30-23(29)21-16(24)4-5-17(25)22(21)26/h3-8H,9-11H2,1-2H3. The number of nitrogens with zero attached hydrogens (tertiary/aromatic N) is 1. The fraction of sp³-hybridized carbons (Fsp3) is 0.217. The number of hydrogen-bond acceptors (Lipinski definition) is 5. The Morgan fingerprint density at radius 3 is 2.50 bits per heavy atom. The minimum absolute atomic E-state index is 0.0153. The first-order chi connectivity index (χ1) is 15.3. The third-order valence-electron chi connectivity index (χ3n) is 5.23. The van der Waals surface area contributed by atoms with E-state index in [2.05, 4.69) is 0 Å². The maximum Gasteiger partial charge on any atom is 0.341 e. The lowest BCUT2D eigenvalue weighted by atomic mass is 10.1. The second kappa shape index (κ2) is 9.06. The molecule has 0 amide bonds. The topological polar surface area (TPSA) is 66.8 Å². The number of benzene rings is 2. The highest BCUT2D eigenvalue weighted by molar-refractivity contribution is 6.46. The molecule has 0 spiro atoms. The Morgan fingerprint density at radius 1 is 1.00 bits per heavy atom. The Labute approximate surface area is 199 Å². The van der Waals surface area contributed by atoms with Gasteiger partial charge in [-0.15, -0.1) is 0 Å². The van der Waals surface area contributed by atoms with E-state index in [0.29, 0.717) is 23.6 Å². The number of halogens is 3. The van der Waals surface area contributed by atoms with E-state index >= 15 is 0 Å². The summed E-state index contributed by atoms with van der Waals surface area (Å²) < 4.78 is 18.0. The SMILES string of the molecule is Cc1cc(C(=O)COC(=O)c2c(Cl)ccc(Cl)c2Cl)c(C)n1Cc1ccc2c(c1)OCO2. The van der Waals surface area contributed by atoms with Crippen LogP contribution in [0.25, 0.3) is 0 Å². The molecule has 4 rings (SSSR count). The van der Waals surface area contributed by atoms with E-state index < -0.39 is 12.6 Å². The first kappa shape index (κ1) is 22.5. The van der Waals surface area contributed by atoms with E-state index in [1.807, 2.05) is 36.6 Å². The molecule has 1 aliphatic rings. The van der Waals surface area contributed by atoms with Crippen LogP contribution >= 0.6 is 34.8 Å². The van der Waals surface area contributed by atoms with Crippen LogP contribution in [0.2, 0.25) is 15.1 Å². The predicted octanol–water partition coefficient (Wildman–Crippen LogP) is 5.88. The fourth-order valence-corrected chi connectivity index (χ4v) is 4.23. The molecule has 0 bridgehead atoms. The Kier molecular flexibility index (Phi) is 6.38. The first-order valence-electron chi connectivity index (χ1n) is 9.65. The van der Waals surface area contributed by atoms with Gasteiger partial charge in [0.05, 0.1) is 20.6 Å². The quantitative estimate of drug-likeness (QED) is 0.243. The van der Waals surface area contributed by atoms with E-state index in [1.165, 1.54) is 12.1 Å². The Hall–Kier alpha value is -2.67. The lowest BCUT2D eigenvalue weighted by Gasteiger charge is -2.11. The molecule has 0 saturated heterocycles. The number of ether oxygens (including phenoxy) is 3. The highest BCUT2D eigenvalue weighted by atomic mass is 35.5. The number of carbonyl (C=O) groups is 2. The van der Waals surface area contributed by atoms with Crippen molar-refractivity contribution in [2.24, 2.45) is 0 Å². The second-order valence-electron chi connectivity index (χ2n) is 7.28. The number of Topliss-reactive ketones (excluding diaryl/α,β-unsaturated/α-hetero) is 1. The van der Waals surface area contributed by atoms with E-state index in [-0.39, 0.29) is 33.2 Å². The fourth-order valence-electron chi connectivity index (χ4n) is 3.54. The van der Waals surface area contributed by atoms with Crippen molar-refractivity contribution in [2.45, 2.75) is 20.4 Å². The van der Waals surface area contributed by atoms with Gasteiger partial charge in [0, 0.05) is 23.5 Å². The van der Waals surface area contributed by atoms with Crippen molar-refractivity contribution in [2.75, 3.05) is 13.4 Å². The van der Waals surface area contributed by atoms with Crippen molar-refractivity contribution in [3.63, 3.8) is 0 Å². The van der Waals surface area contributed by atoms with Crippen LogP contribution in [0.4, 0.5) is 0 Å². The van der Waals surface area contributed by atoms with Gasteiger partial charge in [0.1, 0.15) is 0 Å². The van der Waals surface area contributed by atoms with Gasteiger partial charge in [-0.2, -0.15) is 0 Å². The van der Waals surface area contributed by atoms with Gasteiger partial charge < -0.3 is 18.8 Å². The molecule has 9 heteroatoms. The largest absolute Gasteiger partial charge is 0.454 e. The molecule has 0 unspecified atom stereocenters. The highest BCUT2D eigenvalue weighted by Gasteiger charge is 2.22. The maximum absolute atomic E-state index is 12.8. The zero-order valence-corrected chi connectivity index (χ0v) is 19.5. The molecule has 2 aromatic carbocycles. The molecule has 0 atom stereocenters. The summed E-state index contributed by atoms with van der Waals surface area (Å²) in [6, 6.07) is 10.4. The summed E-state index contributed by atoms with van der Waals surface area (Å²) in [5.41, 5.74) is 3.07. The molecule has 0 saturated carbocycles.